The van der Waals surface area contributed by atoms with E-state index in [2.05, 4.69) is 4.99 Å². The molecule has 62 valence electrons. The van der Waals surface area contributed by atoms with Crippen molar-refractivity contribution in [3.63, 3.8) is 0 Å². The third-order valence-corrected chi connectivity index (χ3v) is 1.88. The van der Waals surface area contributed by atoms with Crippen molar-refractivity contribution in [1.82, 2.24) is 0 Å². The molecule has 3 nitrogen and oxygen atoms in total. The molecule has 0 amide bonds. The molecule has 0 aromatic carbocycles. The maximum atomic E-state index is 11.3. The number of carbonyl (C=O) groups is 1. The van der Waals surface area contributed by atoms with Crippen molar-refractivity contribution in [2.24, 2.45) is 10.4 Å². The van der Waals surface area contributed by atoms with E-state index in [0.717, 1.165) is 13.0 Å². The number of rotatable bonds is 2. The highest BCUT2D eigenvalue weighted by Gasteiger charge is 2.35. The normalized spacial score (nSPS) is 28.9. The van der Waals surface area contributed by atoms with Crippen LogP contribution in [0, 0.1) is 5.41 Å². The molecule has 1 atom stereocenters. The molecule has 0 aromatic heterocycles. The summed E-state index contributed by atoms with van der Waals surface area (Å²) in [5.74, 6) is -0.152. The van der Waals surface area contributed by atoms with Gasteiger partial charge in [0.15, 0.2) is 0 Å². The van der Waals surface area contributed by atoms with Crippen LogP contribution in [0.5, 0.6) is 0 Å². The second-order valence-corrected chi connectivity index (χ2v) is 2.92. The van der Waals surface area contributed by atoms with Crippen LogP contribution in [-0.2, 0) is 9.53 Å². The number of aliphatic imine (C=N–C) groups is 1. The van der Waals surface area contributed by atoms with Crippen LogP contribution in [0.15, 0.2) is 4.99 Å². The molecule has 0 radical (unpaired) electrons. The van der Waals surface area contributed by atoms with Gasteiger partial charge in [-0.15, -0.1) is 0 Å². The number of hydrogen-bond acceptors (Lipinski definition) is 3. The molecule has 0 spiro atoms. The molecular formula is C8H13NO2. The SMILES string of the molecule is CCOC(=O)C1(C)C=NCC1. The van der Waals surface area contributed by atoms with Gasteiger partial charge in [-0.05, 0) is 20.3 Å². The number of esters is 1. The first-order chi connectivity index (χ1) is 5.19. The molecule has 11 heavy (non-hydrogen) atoms. The molecule has 0 bridgehead atoms. The van der Waals surface area contributed by atoms with Gasteiger partial charge in [-0.3, -0.25) is 9.79 Å². The van der Waals surface area contributed by atoms with Gasteiger partial charge in [0, 0.05) is 12.8 Å². The average molecular weight is 155 g/mol. The Morgan fingerprint density at radius 2 is 2.55 bits per heavy atom. The minimum Gasteiger partial charge on any atom is -0.465 e. The van der Waals surface area contributed by atoms with Gasteiger partial charge in [-0.25, -0.2) is 0 Å². The van der Waals surface area contributed by atoms with Crippen LogP contribution in [-0.4, -0.2) is 25.3 Å². The summed E-state index contributed by atoms with van der Waals surface area (Å²) in [6, 6.07) is 0. The molecule has 1 aliphatic heterocycles. The zero-order valence-corrected chi connectivity index (χ0v) is 6.96. The summed E-state index contributed by atoms with van der Waals surface area (Å²) in [4.78, 5) is 15.3. The zero-order chi connectivity index (χ0) is 8.32. The van der Waals surface area contributed by atoms with E-state index in [0.29, 0.717) is 6.61 Å². The quantitative estimate of drug-likeness (QED) is 0.559. The van der Waals surface area contributed by atoms with Crippen LogP contribution in [0.2, 0.25) is 0 Å². The summed E-state index contributed by atoms with van der Waals surface area (Å²) in [7, 11) is 0. The molecule has 1 rings (SSSR count). The van der Waals surface area contributed by atoms with Crippen molar-refractivity contribution in [3.05, 3.63) is 0 Å². The Balaban J connectivity index is 2.57. The Kier molecular flexibility index (Phi) is 2.27. The lowest BCUT2D eigenvalue weighted by Gasteiger charge is -2.16. The predicted molar refractivity (Wildman–Crippen MR) is 42.7 cm³/mol. The van der Waals surface area contributed by atoms with E-state index in [9.17, 15) is 4.79 Å². The van der Waals surface area contributed by atoms with Crippen molar-refractivity contribution >= 4 is 12.2 Å². The van der Waals surface area contributed by atoms with Crippen molar-refractivity contribution in [2.75, 3.05) is 13.2 Å². The Morgan fingerprint density at radius 1 is 1.82 bits per heavy atom. The standard InChI is InChI=1S/C8H13NO2/c1-3-11-7(10)8(2)4-5-9-6-8/h6H,3-5H2,1-2H3. The highest BCUT2D eigenvalue weighted by atomic mass is 16.5. The fourth-order valence-electron chi connectivity index (χ4n) is 1.08. The van der Waals surface area contributed by atoms with E-state index in [1.165, 1.54) is 0 Å². The largest absolute Gasteiger partial charge is 0.465 e. The average Bonchev–Trinajstić information content (AvgIpc) is 2.38. The van der Waals surface area contributed by atoms with E-state index < -0.39 is 5.41 Å². The maximum absolute atomic E-state index is 11.3. The van der Waals surface area contributed by atoms with Gasteiger partial charge in [-0.1, -0.05) is 0 Å². The first-order valence-corrected chi connectivity index (χ1v) is 3.87. The maximum Gasteiger partial charge on any atom is 0.317 e. The van der Waals surface area contributed by atoms with Gasteiger partial charge in [-0.2, -0.15) is 0 Å². The molecule has 1 aliphatic rings. The first kappa shape index (κ1) is 8.24. The van der Waals surface area contributed by atoms with E-state index in [1.54, 1.807) is 6.21 Å². The molecular weight excluding hydrogens is 142 g/mol. The topological polar surface area (TPSA) is 38.7 Å². The summed E-state index contributed by atoms with van der Waals surface area (Å²) in [6.07, 6.45) is 2.48. The fraction of sp³-hybridized carbons (Fsp3) is 0.750. The monoisotopic (exact) mass is 155 g/mol. The van der Waals surface area contributed by atoms with Gasteiger partial charge in [0.2, 0.25) is 0 Å². The van der Waals surface area contributed by atoms with Crippen molar-refractivity contribution in [2.45, 2.75) is 20.3 Å². The van der Waals surface area contributed by atoms with Gasteiger partial charge < -0.3 is 4.74 Å². The van der Waals surface area contributed by atoms with Crippen LogP contribution >= 0.6 is 0 Å². The van der Waals surface area contributed by atoms with Crippen LogP contribution in [0.3, 0.4) is 0 Å². The van der Waals surface area contributed by atoms with Gasteiger partial charge >= 0.3 is 5.97 Å². The van der Waals surface area contributed by atoms with Gasteiger partial charge in [0.25, 0.3) is 0 Å². The molecule has 1 unspecified atom stereocenters. The minimum absolute atomic E-state index is 0.152. The first-order valence-electron chi connectivity index (χ1n) is 3.87. The second-order valence-electron chi connectivity index (χ2n) is 2.92. The smallest absolute Gasteiger partial charge is 0.317 e. The predicted octanol–water partition coefficient (Wildman–Crippen LogP) is 1.03. The lowest BCUT2D eigenvalue weighted by Crippen LogP contribution is -2.29. The van der Waals surface area contributed by atoms with Crippen molar-refractivity contribution < 1.29 is 9.53 Å². The third kappa shape index (κ3) is 1.59. The van der Waals surface area contributed by atoms with E-state index in [4.69, 9.17) is 4.74 Å². The van der Waals surface area contributed by atoms with Crippen molar-refractivity contribution in [3.8, 4) is 0 Å². The summed E-state index contributed by atoms with van der Waals surface area (Å²) >= 11 is 0. The van der Waals surface area contributed by atoms with Crippen LogP contribution in [0.25, 0.3) is 0 Å². The minimum atomic E-state index is -0.448. The van der Waals surface area contributed by atoms with Crippen molar-refractivity contribution in [1.29, 1.82) is 0 Å². The summed E-state index contributed by atoms with van der Waals surface area (Å²) in [6.45, 7) is 4.87. The van der Waals surface area contributed by atoms with Gasteiger partial charge in [0.05, 0.1) is 6.61 Å². The van der Waals surface area contributed by atoms with Crippen LogP contribution in [0.4, 0.5) is 0 Å². The van der Waals surface area contributed by atoms with E-state index in [1.807, 2.05) is 13.8 Å². The molecule has 0 saturated carbocycles. The fourth-order valence-corrected chi connectivity index (χ4v) is 1.08. The summed E-state index contributed by atoms with van der Waals surface area (Å²) in [5, 5.41) is 0. The Labute approximate surface area is 66.5 Å². The summed E-state index contributed by atoms with van der Waals surface area (Å²) < 4.78 is 4.90. The highest BCUT2D eigenvalue weighted by Crippen LogP contribution is 2.25. The van der Waals surface area contributed by atoms with E-state index >= 15 is 0 Å². The van der Waals surface area contributed by atoms with Gasteiger partial charge in [0.1, 0.15) is 5.41 Å². The Hall–Kier alpha value is -0.860. The number of ether oxygens (including phenoxy) is 1. The number of nitrogens with zero attached hydrogens (tertiary/aromatic N) is 1. The zero-order valence-electron chi connectivity index (χ0n) is 6.96. The molecule has 0 aliphatic carbocycles. The number of carbonyl (C=O) groups excluding carboxylic acids is 1. The lowest BCUT2D eigenvalue weighted by molar-refractivity contribution is -0.150. The molecule has 3 heteroatoms. The number of hydrogen-bond donors (Lipinski definition) is 0. The second kappa shape index (κ2) is 3.03. The molecule has 0 N–H and O–H groups in total. The Morgan fingerprint density at radius 3 is 3.00 bits per heavy atom. The molecule has 0 saturated heterocycles. The third-order valence-electron chi connectivity index (χ3n) is 1.88. The van der Waals surface area contributed by atoms with Crippen LogP contribution < -0.4 is 0 Å². The van der Waals surface area contributed by atoms with E-state index in [-0.39, 0.29) is 5.97 Å². The van der Waals surface area contributed by atoms with Crippen LogP contribution in [0.1, 0.15) is 20.3 Å². The lowest BCUT2D eigenvalue weighted by atomic mass is 9.91. The molecule has 1 heterocycles. The molecule has 0 fully saturated rings. The summed E-state index contributed by atoms with van der Waals surface area (Å²) in [5.41, 5.74) is -0.448. The Bertz CT molecular complexity index is 189. The molecule has 0 aromatic rings. The highest BCUT2D eigenvalue weighted by molar-refractivity contribution is 5.95.